The Morgan fingerprint density at radius 1 is 1.27 bits per heavy atom. The van der Waals surface area contributed by atoms with Crippen LogP contribution in [0.25, 0.3) is 11.0 Å². The molecule has 1 aliphatic heterocycles. The molecule has 3 heterocycles. The average Bonchev–Trinajstić information content (AvgIpc) is 3.14. The zero-order valence-corrected chi connectivity index (χ0v) is 19.4. The fraction of sp³-hybridized carbons (Fsp3) is 0.636. The number of ether oxygens (including phenoxy) is 1. The third-order valence-electron chi connectivity index (χ3n) is 6.44. The lowest BCUT2D eigenvalue weighted by atomic mass is 9.85. The standard InChI is InChI=1S/C22H34N4O3Si/c1-30(2,3)11-10-29-15-25-9-8-18-20-19(12-23-21(18)25)22(28)24-14-26(20)17-6-4-16(13-27)5-7-17/h8-9,12,16-17,27H,4-7,10-11,13-15H2,1-3H3,(H,24,28). The van der Waals surface area contributed by atoms with Gasteiger partial charge in [0.1, 0.15) is 12.4 Å². The molecule has 0 aromatic carbocycles. The number of aromatic nitrogens is 2. The number of aliphatic hydroxyl groups is 1. The Balaban J connectivity index is 1.57. The highest BCUT2D eigenvalue weighted by atomic mass is 28.3. The quantitative estimate of drug-likeness (QED) is 0.520. The predicted molar refractivity (Wildman–Crippen MR) is 121 cm³/mol. The van der Waals surface area contributed by atoms with Crippen molar-refractivity contribution in [2.75, 3.05) is 24.8 Å². The van der Waals surface area contributed by atoms with Crippen LogP contribution in [0.15, 0.2) is 18.5 Å². The fourth-order valence-electron chi connectivity index (χ4n) is 4.53. The number of carbonyl (C=O) groups excluding carboxylic acids is 1. The van der Waals surface area contributed by atoms with E-state index in [4.69, 9.17) is 4.74 Å². The van der Waals surface area contributed by atoms with Crippen LogP contribution in [0.1, 0.15) is 36.0 Å². The van der Waals surface area contributed by atoms with E-state index in [0.29, 0.717) is 30.9 Å². The normalized spacial score (nSPS) is 22.3. The highest BCUT2D eigenvalue weighted by Crippen LogP contribution is 2.37. The maximum atomic E-state index is 12.5. The Kier molecular flexibility index (Phi) is 6.18. The number of hydrogen-bond acceptors (Lipinski definition) is 5. The molecule has 0 atom stereocenters. The summed E-state index contributed by atoms with van der Waals surface area (Å²) in [7, 11) is -1.11. The molecule has 0 bridgehead atoms. The minimum Gasteiger partial charge on any atom is -0.396 e. The summed E-state index contributed by atoms with van der Waals surface area (Å²) in [6.07, 6.45) is 7.84. The largest absolute Gasteiger partial charge is 0.396 e. The van der Waals surface area contributed by atoms with Gasteiger partial charge in [0.2, 0.25) is 0 Å². The summed E-state index contributed by atoms with van der Waals surface area (Å²) in [5.74, 6) is 0.353. The lowest BCUT2D eigenvalue weighted by Gasteiger charge is -2.41. The number of fused-ring (bicyclic) bond motifs is 3. The SMILES string of the molecule is C[Si](C)(C)CCOCn1ccc2c3c(cnc21)C(=O)NCN3C1CCC(CO)CC1. The minimum atomic E-state index is -1.11. The summed E-state index contributed by atoms with van der Waals surface area (Å²) < 4.78 is 7.97. The number of nitrogens with one attached hydrogen (secondary N) is 1. The number of rotatable bonds is 7. The Bertz CT molecular complexity index is 900. The smallest absolute Gasteiger partial charge is 0.256 e. The number of nitrogens with zero attached hydrogens (tertiary/aromatic N) is 3. The molecule has 2 aromatic heterocycles. The van der Waals surface area contributed by atoms with Crippen molar-refractivity contribution in [1.29, 1.82) is 0 Å². The summed E-state index contributed by atoms with van der Waals surface area (Å²) in [5.41, 5.74) is 2.51. The lowest BCUT2D eigenvalue weighted by molar-refractivity contribution is 0.0899. The summed E-state index contributed by atoms with van der Waals surface area (Å²) >= 11 is 0. The van der Waals surface area contributed by atoms with Crippen LogP contribution in [-0.4, -0.2) is 54.6 Å². The van der Waals surface area contributed by atoms with Gasteiger partial charge in [0.15, 0.2) is 0 Å². The molecule has 1 fully saturated rings. The Hall–Kier alpha value is -1.90. The van der Waals surface area contributed by atoms with Gasteiger partial charge in [-0.15, -0.1) is 0 Å². The summed E-state index contributed by atoms with van der Waals surface area (Å²) in [6, 6.07) is 3.57. The van der Waals surface area contributed by atoms with E-state index in [1.165, 1.54) is 0 Å². The number of anilines is 1. The van der Waals surface area contributed by atoms with Crippen molar-refractivity contribution >= 4 is 30.7 Å². The second-order valence-corrected chi connectivity index (χ2v) is 15.5. The van der Waals surface area contributed by atoms with Crippen molar-refractivity contribution in [3.8, 4) is 0 Å². The molecule has 4 rings (SSSR count). The number of carbonyl (C=O) groups is 1. The molecular formula is C22H34N4O3Si. The third kappa shape index (κ3) is 4.40. The topological polar surface area (TPSA) is 79.6 Å². The van der Waals surface area contributed by atoms with E-state index in [1.54, 1.807) is 6.20 Å². The molecule has 8 heteroatoms. The molecule has 0 saturated heterocycles. The van der Waals surface area contributed by atoms with E-state index >= 15 is 0 Å². The second kappa shape index (κ2) is 8.68. The highest BCUT2D eigenvalue weighted by molar-refractivity contribution is 6.76. The van der Waals surface area contributed by atoms with Gasteiger partial charge >= 0.3 is 0 Å². The van der Waals surface area contributed by atoms with Crippen LogP contribution in [0.4, 0.5) is 5.69 Å². The van der Waals surface area contributed by atoms with Gasteiger partial charge in [-0.1, -0.05) is 19.6 Å². The molecule has 1 saturated carbocycles. The zero-order chi connectivity index (χ0) is 21.3. The minimum absolute atomic E-state index is 0.0566. The molecule has 1 aliphatic carbocycles. The van der Waals surface area contributed by atoms with E-state index in [1.807, 2.05) is 10.8 Å². The van der Waals surface area contributed by atoms with Crippen LogP contribution in [0, 0.1) is 5.92 Å². The first-order valence-corrected chi connectivity index (χ1v) is 14.8. The molecule has 2 aromatic rings. The fourth-order valence-corrected chi connectivity index (χ4v) is 5.28. The first-order valence-electron chi connectivity index (χ1n) is 11.1. The van der Waals surface area contributed by atoms with Gasteiger partial charge < -0.3 is 24.6 Å². The third-order valence-corrected chi connectivity index (χ3v) is 8.15. The van der Waals surface area contributed by atoms with Gasteiger partial charge in [-0.05, 0) is 43.7 Å². The molecule has 1 amide bonds. The van der Waals surface area contributed by atoms with Crippen molar-refractivity contribution in [1.82, 2.24) is 14.9 Å². The first kappa shape index (κ1) is 21.3. The Morgan fingerprint density at radius 2 is 2.03 bits per heavy atom. The molecule has 0 unspecified atom stereocenters. The van der Waals surface area contributed by atoms with Crippen molar-refractivity contribution in [2.24, 2.45) is 5.92 Å². The molecule has 7 nitrogen and oxygen atoms in total. The number of pyridine rings is 1. The van der Waals surface area contributed by atoms with Crippen molar-refractivity contribution in [2.45, 2.75) is 64.1 Å². The molecule has 0 radical (unpaired) electrons. The molecular weight excluding hydrogens is 396 g/mol. The van der Waals surface area contributed by atoms with Crippen LogP contribution in [0.5, 0.6) is 0 Å². The van der Waals surface area contributed by atoms with Crippen LogP contribution in [-0.2, 0) is 11.5 Å². The highest BCUT2D eigenvalue weighted by Gasteiger charge is 2.33. The van der Waals surface area contributed by atoms with Crippen molar-refractivity contribution < 1.29 is 14.6 Å². The van der Waals surface area contributed by atoms with E-state index in [-0.39, 0.29) is 12.5 Å². The Morgan fingerprint density at radius 3 is 2.73 bits per heavy atom. The number of aliphatic hydroxyl groups excluding tert-OH is 1. The first-order chi connectivity index (χ1) is 14.4. The van der Waals surface area contributed by atoms with E-state index in [0.717, 1.165) is 55.1 Å². The van der Waals surface area contributed by atoms with Gasteiger partial charge in [-0.25, -0.2) is 4.98 Å². The number of amides is 1. The van der Waals surface area contributed by atoms with E-state index in [9.17, 15) is 9.90 Å². The lowest BCUT2D eigenvalue weighted by Crippen LogP contribution is -2.49. The number of hydrogen-bond donors (Lipinski definition) is 2. The molecule has 2 aliphatic rings. The molecule has 30 heavy (non-hydrogen) atoms. The van der Waals surface area contributed by atoms with Gasteiger partial charge in [0.05, 0.1) is 17.9 Å². The van der Waals surface area contributed by atoms with Gasteiger partial charge in [0.25, 0.3) is 5.91 Å². The van der Waals surface area contributed by atoms with E-state index in [2.05, 4.69) is 40.9 Å². The molecule has 0 spiro atoms. The van der Waals surface area contributed by atoms with Gasteiger partial charge in [0, 0.05) is 45.1 Å². The molecule has 2 N–H and O–H groups in total. The maximum absolute atomic E-state index is 12.5. The van der Waals surface area contributed by atoms with Crippen LogP contribution < -0.4 is 10.2 Å². The average molecular weight is 431 g/mol. The summed E-state index contributed by atoms with van der Waals surface area (Å²) in [6.45, 7) is 9.09. The van der Waals surface area contributed by atoms with Gasteiger partial charge in [-0.3, -0.25) is 4.79 Å². The summed E-state index contributed by atoms with van der Waals surface area (Å²) in [4.78, 5) is 19.5. The van der Waals surface area contributed by atoms with Crippen LogP contribution in [0.2, 0.25) is 25.7 Å². The molecule has 164 valence electrons. The van der Waals surface area contributed by atoms with Crippen LogP contribution in [0.3, 0.4) is 0 Å². The summed E-state index contributed by atoms with van der Waals surface area (Å²) in [5, 5.41) is 13.5. The monoisotopic (exact) mass is 430 g/mol. The predicted octanol–water partition coefficient (Wildman–Crippen LogP) is 3.41. The van der Waals surface area contributed by atoms with Crippen LogP contribution >= 0.6 is 0 Å². The Labute approximate surface area is 179 Å². The maximum Gasteiger partial charge on any atom is 0.256 e. The van der Waals surface area contributed by atoms with Crippen molar-refractivity contribution in [3.63, 3.8) is 0 Å². The zero-order valence-electron chi connectivity index (χ0n) is 18.4. The van der Waals surface area contributed by atoms with Gasteiger partial charge in [-0.2, -0.15) is 0 Å². The second-order valence-electron chi connectivity index (χ2n) is 9.88. The van der Waals surface area contributed by atoms with E-state index < -0.39 is 8.07 Å². The van der Waals surface area contributed by atoms with Crippen molar-refractivity contribution in [3.05, 3.63) is 24.0 Å².